The van der Waals surface area contributed by atoms with E-state index in [4.69, 9.17) is 4.74 Å². The number of hydrogen-bond donors (Lipinski definition) is 1. The number of morpholine rings is 1. The highest BCUT2D eigenvalue weighted by atomic mass is 16.5. The third-order valence-corrected chi connectivity index (χ3v) is 3.67. The molecule has 1 aliphatic carbocycles. The predicted molar refractivity (Wildman–Crippen MR) is 72.6 cm³/mol. The van der Waals surface area contributed by atoms with Crippen LogP contribution >= 0.6 is 0 Å². The summed E-state index contributed by atoms with van der Waals surface area (Å²) in [5.41, 5.74) is 1.19. The number of ether oxygens (including phenoxy) is 1. The zero-order valence-electron chi connectivity index (χ0n) is 11.0. The second kappa shape index (κ2) is 5.72. The van der Waals surface area contributed by atoms with Crippen molar-refractivity contribution in [3.8, 4) is 0 Å². The van der Waals surface area contributed by atoms with E-state index in [0.717, 1.165) is 19.4 Å². The maximum atomic E-state index is 12.5. The maximum Gasteiger partial charge on any atom is 0.253 e. The van der Waals surface area contributed by atoms with E-state index in [9.17, 15) is 4.79 Å². The van der Waals surface area contributed by atoms with Crippen LogP contribution in [0.4, 0.5) is 0 Å². The molecule has 1 heterocycles. The number of nitrogens with zero attached hydrogens (tertiary/aromatic N) is 1. The first-order valence-electron chi connectivity index (χ1n) is 7.01. The molecule has 2 aliphatic rings. The van der Waals surface area contributed by atoms with Gasteiger partial charge < -0.3 is 15.0 Å². The summed E-state index contributed by atoms with van der Waals surface area (Å²) in [7, 11) is 0. The van der Waals surface area contributed by atoms with Gasteiger partial charge in [0.25, 0.3) is 5.91 Å². The molecule has 1 unspecified atom stereocenters. The minimum absolute atomic E-state index is 0.138. The van der Waals surface area contributed by atoms with Crippen molar-refractivity contribution in [1.82, 2.24) is 10.2 Å². The topological polar surface area (TPSA) is 41.6 Å². The van der Waals surface area contributed by atoms with Crippen molar-refractivity contribution in [2.24, 2.45) is 0 Å². The van der Waals surface area contributed by atoms with Gasteiger partial charge in [-0.25, -0.2) is 0 Å². The van der Waals surface area contributed by atoms with E-state index < -0.39 is 0 Å². The molecule has 4 heteroatoms. The smallest absolute Gasteiger partial charge is 0.253 e. The molecule has 1 aromatic carbocycles. The zero-order chi connectivity index (χ0) is 13.1. The molecular formula is C15H20N2O2. The van der Waals surface area contributed by atoms with Crippen molar-refractivity contribution in [3.05, 3.63) is 35.9 Å². The number of nitrogens with one attached hydrogen (secondary N) is 1. The molecule has 2 fully saturated rings. The number of carbonyl (C=O) groups is 1. The summed E-state index contributed by atoms with van der Waals surface area (Å²) < 4.78 is 5.58. The van der Waals surface area contributed by atoms with Crippen LogP contribution in [0.5, 0.6) is 0 Å². The largest absolute Gasteiger partial charge is 0.366 e. The van der Waals surface area contributed by atoms with Crippen LogP contribution in [0, 0.1) is 0 Å². The molecule has 3 rings (SSSR count). The van der Waals surface area contributed by atoms with Crippen LogP contribution in [-0.2, 0) is 16.1 Å². The Hall–Kier alpha value is -1.39. The lowest BCUT2D eigenvalue weighted by molar-refractivity contribution is -0.146. The van der Waals surface area contributed by atoms with Crippen LogP contribution in [0.1, 0.15) is 18.4 Å². The summed E-state index contributed by atoms with van der Waals surface area (Å²) in [6, 6.07) is 10.6. The summed E-state index contributed by atoms with van der Waals surface area (Å²) in [5, 5.41) is 3.22. The Morgan fingerprint density at radius 2 is 2.11 bits per heavy atom. The van der Waals surface area contributed by atoms with Crippen LogP contribution in [-0.4, -0.2) is 42.6 Å². The molecule has 0 spiro atoms. The number of rotatable bonds is 4. The standard InChI is InChI=1S/C15H20N2O2/c18-15(14-10-16-8-9-19-14)17(13-6-7-13)11-12-4-2-1-3-5-12/h1-5,13-14,16H,6-11H2. The van der Waals surface area contributed by atoms with Crippen LogP contribution in [0.3, 0.4) is 0 Å². The average Bonchev–Trinajstić information content (AvgIpc) is 3.31. The van der Waals surface area contributed by atoms with Gasteiger partial charge in [-0.1, -0.05) is 30.3 Å². The molecule has 19 heavy (non-hydrogen) atoms. The van der Waals surface area contributed by atoms with Gasteiger partial charge in [-0.3, -0.25) is 4.79 Å². The normalized spacial score (nSPS) is 23.1. The molecule has 0 aromatic heterocycles. The van der Waals surface area contributed by atoms with E-state index in [-0.39, 0.29) is 12.0 Å². The van der Waals surface area contributed by atoms with Crippen LogP contribution in [0.15, 0.2) is 30.3 Å². The van der Waals surface area contributed by atoms with E-state index in [2.05, 4.69) is 17.4 Å². The van der Waals surface area contributed by atoms with Crippen LogP contribution < -0.4 is 5.32 Å². The summed E-state index contributed by atoms with van der Waals surface area (Å²) in [4.78, 5) is 14.5. The fourth-order valence-electron chi connectivity index (χ4n) is 2.46. The molecule has 4 nitrogen and oxygen atoms in total. The molecule has 0 bridgehead atoms. The number of amides is 1. The number of hydrogen-bond acceptors (Lipinski definition) is 3. The minimum Gasteiger partial charge on any atom is -0.366 e. The number of carbonyl (C=O) groups excluding carboxylic acids is 1. The first-order valence-corrected chi connectivity index (χ1v) is 7.01. The molecule has 102 valence electrons. The highest BCUT2D eigenvalue weighted by molar-refractivity contribution is 5.82. The summed E-state index contributed by atoms with van der Waals surface area (Å²) in [6.07, 6.45) is 1.94. The van der Waals surface area contributed by atoms with Crippen molar-refractivity contribution in [1.29, 1.82) is 0 Å². The first kappa shape index (κ1) is 12.6. The SMILES string of the molecule is O=C(C1CNCCO1)N(Cc1ccccc1)C1CC1. The third-order valence-electron chi connectivity index (χ3n) is 3.67. The van der Waals surface area contributed by atoms with E-state index in [1.54, 1.807) is 0 Å². The summed E-state index contributed by atoms with van der Waals surface area (Å²) in [5.74, 6) is 0.138. The average molecular weight is 260 g/mol. The van der Waals surface area contributed by atoms with Crippen molar-refractivity contribution in [2.45, 2.75) is 31.5 Å². The Morgan fingerprint density at radius 3 is 2.74 bits per heavy atom. The molecule has 1 aliphatic heterocycles. The Kier molecular flexibility index (Phi) is 3.80. The fourth-order valence-corrected chi connectivity index (χ4v) is 2.46. The third kappa shape index (κ3) is 3.14. The van der Waals surface area contributed by atoms with Gasteiger partial charge in [0.2, 0.25) is 0 Å². The zero-order valence-corrected chi connectivity index (χ0v) is 11.0. The Balaban J connectivity index is 1.68. The summed E-state index contributed by atoms with van der Waals surface area (Å²) >= 11 is 0. The van der Waals surface area contributed by atoms with E-state index >= 15 is 0 Å². The molecule has 1 saturated heterocycles. The lowest BCUT2D eigenvalue weighted by Crippen LogP contribution is -2.49. The fraction of sp³-hybridized carbons (Fsp3) is 0.533. The number of benzene rings is 1. The van der Waals surface area contributed by atoms with E-state index in [0.29, 0.717) is 25.7 Å². The van der Waals surface area contributed by atoms with Gasteiger partial charge in [0.05, 0.1) is 6.61 Å². The Bertz CT molecular complexity index is 425. The molecule has 1 saturated carbocycles. The van der Waals surface area contributed by atoms with Crippen molar-refractivity contribution in [2.75, 3.05) is 19.7 Å². The second-order valence-electron chi connectivity index (χ2n) is 5.25. The van der Waals surface area contributed by atoms with Gasteiger partial charge in [0, 0.05) is 25.7 Å². The first-order chi connectivity index (χ1) is 9.34. The molecule has 0 radical (unpaired) electrons. The van der Waals surface area contributed by atoms with Crippen LogP contribution in [0.2, 0.25) is 0 Å². The minimum atomic E-state index is -0.307. The molecule has 1 amide bonds. The lowest BCUT2D eigenvalue weighted by Gasteiger charge is -2.30. The monoisotopic (exact) mass is 260 g/mol. The predicted octanol–water partition coefficient (Wildman–Crippen LogP) is 1.17. The van der Waals surface area contributed by atoms with Gasteiger partial charge >= 0.3 is 0 Å². The van der Waals surface area contributed by atoms with Gasteiger partial charge in [-0.05, 0) is 18.4 Å². The molecule has 1 atom stereocenters. The quantitative estimate of drug-likeness (QED) is 0.883. The second-order valence-corrected chi connectivity index (χ2v) is 5.25. The lowest BCUT2D eigenvalue weighted by atomic mass is 10.2. The Morgan fingerprint density at radius 1 is 1.32 bits per heavy atom. The van der Waals surface area contributed by atoms with Crippen LogP contribution in [0.25, 0.3) is 0 Å². The Labute approximate surface area is 113 Å². The van der Waals surface area contributed by atoms with Gasteiger partial charge in [0.1, 0.15) is 6.10 Å². The van der Waals surface area contributed by atoms with Gasteiger partial charge in [-0.15, -0.1) is 0 Å². The molecule has 1 N–H and O–H groups in total. The highest BCUT2D eigenvalue weighted by Gasteiger charge is 2.36. The van der Waals surface area contributed by atoms with E-state index in [1.807, 2.05) is 23.1 Å². The van der Waals surface area contributed by atoms with Gasteiger partial charge in [0.15, 0.2) is 0 Å². The van der Waals surface area contributed by atoms with Crippen molar-refractivity contribution >= 4 is 5.91 Å². The molecular weight excluding hydrogens is 240 g/mol. The van der Waals surface area contributed by atoms with Crippen molar-refractivity contribution in [3.63, 3.8) is 0 Å². The molecule has 1 aromatic rings. The van der Waals surface area contributed by atoms with Gasteiger partial charge in [-0.2, -0.15) is 0 Å². The maximum absolute atomic E-state index is 12.5. The summed E-state index contributed by atoms with van der Waals surface area (Å²) in [6.45, 7) is 2.80. The highest BCUT2D eigenvalue weighted by Crippen LogP contribution is 2.29. The van der Waals surface area contributed by atoms with Crippen molar-refractivity contribution < 1.29 is 9.53 Å². The van der Waals surface area contributed by atoms with E-state index in [1.165, 1.54) is 5.56 Å².